The van der Waals surface area contributed by atoms with Gasteiger partial charge in [-0.2, -0.15) is 0 Å². The van der Waals surface area contributed by atoms with Crippen molar-refractivity contribution < 1.29 is 23.6 Å². The highest BCUT2D eigenvalue weighted by Gasteiger charge is 2.15. The Labute approximate surface area is 181 Å². The molecule has 0 spiro atoms. The van der Waals surface area contributed by atoms with Crippen LogP contribution in [0, 0.1) is 24.0 Å². The van der Waals surface area contributed by atoms with Gasteiger partial charge >= 0.3 is 5.97 Å². The first-order valence-electron chi connectivity index (χ1n) is 9.59. The van der Waals surface area contributed by atoms with Gasteiger partial charge in [-0.25, -0.2) is 4.79 Å². The van der Waals surface area contributed by atoms with Crippen molar-refractivity contribution >= 4 is 22.6 Å². The Morgan fingerprint density at radius 1 is 0.969 bits per heavy atom. The summed E-state index contributed by atoms with van der Waals surface area (Å²) < 4.78 is 16.6. The molecule has 0 aliphatic heterocycles. The monoisotopic (exact) mass is 431 g/mol. The van der Waals surface area contributed by atoms with Gasteiger partial charge in [0.15, 0.2) is 0 Å². The molecule has 0 bridgehead atoms. The number of nitrogens with zero attached hydrogens (tertiary/aromatic N) is 1. The molecule has 4 aromatic rings. The predicted octanol–water partition coefficient (Wildman–Crippen LogP) is 5.33. The second-order valence-electron chi connectivity index (χ2n) is 7.15. The highest BCUT2D eigenvalue weighted by molar-refractivity contribution is 5.92. The van der Waals surface area contributed by atoms with Gasteiger partial charge in [0.2, 0.25) is 11.2 Å². The molecule has 3 aromatic carbocycles. The molecule has 0 N–H and O–H groups in total. The summed E-state index contributed by atoms with van der Waals surface area (Å²) in [5.74, 6) is 0.0655. The number of non-ortho nitro benzene ring substituents is 1. The van der Waals surface area contributed by atoms with Crippen LogP contribution in [0.4, 0.5) is 5.69 Å². The summed E-state index contributed by atoms with van der Waals surface area (Å²) in [6.07, 6.45) is 1.22. The van der Waals surface area contributed by atoms with Crippen LogP contribution >= 0.6 is 0 Å². The van der Waals surface area contributed by atoms with Crippen molar-refractivity contribution in [3.8, 4) is 17.2 Å². The summed E-state index contributed by atoms with van der Waals surface area (Å²) in [7, 11) is 0. The molecule has 0 radical (unpaired) electrons. The minimum atomic E-state index is -0.698. The number of ether oxygens (including phenoxy) is 2. The normalized spacial score (nSPS) is 10.7. The second kappa shape index (κ2) is 8.35. The van der Waals surface area contributed by atoms with Crippen LogP contribution in [0.15, 0.2) is 76.1 Å². The van der Waals surface area contributed by atoms with Gasteiger partial charge in [0.05, 0.1) is 15.9 Å². The van der Waals surface area contributed by atoms with E-state index in [1.54, 1.807) is 0 Å². The van der Waals surface area contributed by atoms with E-state index in [1.165, 1.54) is 48.7 Å². The van der Waals surface area contributed by atoms with E-state index >= 15 is 0 Å². The van der Waals surface area contributed by atoms with Gasteiger partial charge in [-0.1, -0.05) is 12.1 Å². The van der Waals surface area contributed by atoms with Crippen LogP contribution < -0.4 is 14.9 Å². The fourth-order valence-electron chi connectivity index (χ4n) is 3.05. The van der Waals surface area contributed by atoms with E-state index in [0.29, 0.717) is 5.75 Å². The lowest BCUT2D eigenvalue weighted by Crippen LogP contribution is -2.09. The Hall–Kier alpha value is -4.46. The van der Waals surface area contributed by atoms with E-state index in [1.807, 2.05) is 32.0 Å². The van der Waals surface area contributed by atoms with Crippen molar-refractivity contribution in [3.63, 3.8) is 0 Å². The van der Waals surface area contributed by atoms with Crippen LogP contribution in [0.3, 0.4) is 0 Å². The molecule has 0 atom stereocenters. The molecule has 4 rings (SSSR count). The Balaban J connectivity index is 1.57. The first kappa shape index (κ1) is 20.8. The largest absolute Gasteiger partial charge is 0.460 e. The summed E-state index contributed by atoms with van der Waals surface area (Å²) in [5.41, 5.74) is 1.75. The highest BCUT2D eigenvalue weighted by Crippen LogP contribution is 2.27. The predicted molar refractivity (Wildman–Crippen MR) is 117 cm³/mol. The lowest BCUT2D eigenvalue weighted by Gasteiger charge is -2.10. The molecular formula is C24H17NO7. The maximum atomic E-state index is 12.8. The van der Waals surface area contributed by atoms with E-state index in [9.17, 15) is 19.7 Å². The zero-order valence-corrected chi connectivity index (χ0v) is 17.2. The third-order valence-electron chi connectivity index (χ3n) is 4.80. The molecule has 8 nitrogen and oxygen atoms in total. The lowest BCUT2D eigenvalue weighted by molar-refractivity contribution is -0.384. The Morgan fingerprint density at radius 3 is 2.44 bits per heavy atom. The van der Waals surface area contributed by atoms with Gasteiger partial charge in [0.1, 0.15) is 23.3 Å². The van der Waals surface area contributed by atoms with E-state index < -0.39 is 10.9 Å². The summed E-state index contributed by atoms with van der Waals surface area (Å²) >= 11 is 0. The number of esters is 1. The Morgan fingerprint density at radius 2 is 1.72 bits per heavy atom. The van der Waals surface area contributed by atoms with Gasteiger partial charge in [0, 0.05) is 18.2 Å². The number of nitro groups is 1. The van der Waals surface area contributed by atoms with Crippen LogP contribution in [-0.4, -0.2) is 10.9 Å². The molecular weight excluding hydrogens is 414 g/mol. The van der Waals surface area contributed by atoms with Crippen LogP contribution in [0.2, 0.25) is 0 Å². The number of carbonyl (C=O) groups excluding carboxylic acids is 1. The molecule has 32 heavy (non-hydrogen) atoms. The number of hydrogen-bond acceptors (Lipinski definition) is 7. The van der Waals surface area contributed by atoms with Crippen LogP contribution in [0.5, 0.6) is 17.2 Å². The third-order valence-corrected chi connectivity index (χ3v) is 4.80. The van der Waals surface area contributed by atoms with Gasteiger partial charge in [-0.05, 0) is 55.3 Å². The Kier molecular flexibility index (Phi) is 5.43. The average molecular weight is 431 g/mol. The van der Waals surface area contributed by atoms with Crippen LogP contribution in [0.1, 0.15) is 21.5 Å². The third kappa shape index (κ3) is 4.20. The molecule has 1 aromatic heterocycles. The standard InChI is InChI=1S/C24H17NO7/c1-14-3-4-15(2)20(11-14)32-22-13-30-21-12-18(9-10-19(21)23(22)26)31-24(27)16-5-7-17(8-6-16)25(28)29/h3-13H,1-2H3. The number of benzene rings is 3. The van der Waals surface area contributed by atoms with Crippen molar-refractivity contribution in [2.24, 2.45) is 0 Å². The summed E-state index contributed by atoms with van der Waals surface area (Å²) in [5, 5.41) is 11.0. The summed E-state index contributed by atoms with van der Waals surface area (Å²) in [4.78, 5) is 35.3. The van der Waals surface area contributed by atoms with Gasteiger partial charge < -0.3 is 13.9 Å². The summed E-state index contributed by atoms with van der Waals surface area (Å²) in [6.45, 7) is 3.80. The number of rotatable bonds is 5. The van der Waals surface area contributed by atoms with E-state index in [0.717, 1.165) is 11.1 Å². The lowest BCUT2D eigenvalue weighted by atomic mass is 10.1. The Bertz CT molecular complexity index is 1400. The molecule has 0 amide bonds. The van der Waals surface area contributed by atoms with Gasteiger partial charge in [0.25, 0.3) is 5.69 Å². The van der Waals surface area contributed by atoms with Crippen molar-refractivity contribution in [2.75, 3.05) is 0 Å². The number of carbonyl (C=O) groups is 1. The van der Waals surface area contributed by atoms with Crippen LogP contribution in [0.25, 0.3) is 11.0 Å². The van der Waals surface area contributed by atoms with Crippen LogP contribution in [-0.2, 0) is 0 Å². The molecule has 0 fully saturated rings. The number of hydrogen-bond donors (Lipinski definition) is 0. The topological polar surface area (TPSA) is 109 Å². The molecule has 1 heterocycles. The zero-order valence-electron chi connectivity index (χ0n) is 17.2. The van der Waals surface area contributed by atoms with E-state index in [2.05, 4.69) is 0 Å². The fourth-order valence-corrected chi connectivity index (χ4v) is 3.05. The van der Waals surface area contributed by atoms with Crippen molar-refractivity contribution in [1.29, 1.82) is 0 Å². The van der Waals surface area contributed by atoms with Crippen molar-refractivity contribution in [1.82, 2.24) is 0 Å². The van der Waals surface area contributed by atoms with Gasteiger partial charge in [-0.15, -0.1) is 0 Å². The first-order chi connectivity index (χ1) is 15.3. The smallest absolute Gasteiger partial charge is 0.343 e. The number of fused-ring (bicyclic) bond motifs is 1. The SMILES string of the molecule is Cc1ccc(C)c(Oc2coc3cc(OC(=O)c4ccc([N+](=O)[O-])cc4)ccc3c2=O)c1. The van der Waals surface area contributed by atoms with Crippen molar-refractivity contribution in [2.45, 2.75) is 13.8 Å². The molecule has 8 heteroatoms. The molecule has 0 saturated carbocycles. The van der Waals surface area contributed by atoms with E-state index in [4.69, 9.17) is 13.9 Å². The quantitative estimate of drug-likeness (QED) is 0.182. The fraction of sp³-hybridized carbons (Fsp3) is 0.0833. The summed E-state index contributed by atoms with van der Waals surface area (Å²) in [6, 6.07) is 15.1. The zero-order chi connectivity index (χ0) is 22.8. The molecule has 0 aliphatic rings. The van der Waals surface area contributed by atoms with Crippen molar-refractivity contribution in [3.05, 3.63) is 104 Å². The number of nitro benzene ring substituents is 1. The minimum Gasteiger partial charge on any atom is -0.460 e. The molecule has 0 aliphatic carbocycles. The molecule has 0 unspecified atom stereocenters. The average Bonchev–Trinajstić information content (AvgIpc) is 2.78. The maximum absolute atomic E-state index is 12.8. The second-order valence-corrected chi connectivity index (χ2v) is 7.15. The number of aryl methyl sites for hydroxylation is 2. The minimum absolute atomic E-state index is 0.0434. The highest BCUT2D eigenvalue weighted by atomic mass is 16.6. The van der Waals surface area contributed by atoms with E-state index in [-0.39, 0.29) is 39.1 Å². The molecule has 0 saturated heterocycles. The van der Waals surface area contributed by atoms with Gasteiger partial charge in [-0.3, -0.25) is 14.9 Å². The molecule has 160 valence electrons. The first-order valence-corrected chi connectivity index (χ1v) is 9.59. The maximum Gasteiger partial charge on any atom is 0.343 e.